The Kier molecular flexibility index (Phi) is 9.36. The highest BCUT2D eigenvalue weighted by atomic mass is 16.5. The molecule has 2 aliphatic rings. The van der Waals surface area contributed by atoms with E-state index in [1.54, 1.807) is 47.4 Å². The van der Waals surface area contributed by atoms with Crippen molar-refractivity contribution < 1.29 is 28.9 Å². The van der Waals surface area contributed by atoms with Crippen molar-refractivity contribution in [1.29, 1.82) is 0 Å². The Morgan fingerprint density at radius 3 is 2.36 bits per heavy atom. The third kappa shape index (κ3) is 6.73. The van der Waals surface area contributed by atoms with E-state index in [1.807, 2.05) is 37.3 Å². The van der Waals surface area contributed by atoms with Crippen LogP contribution in [-0.4, -0.2) is 72.6 Å². The van der Waals surface area contributed by atoms with Gasteiger partial charge in [-0.25, -0.2) is 0 Å². The first-order chi connectivity index (χ1) is 20.4. The Bertz CT molecular complexity index is 1440. The second-order valence-electron chi connectivity index (χ2n) is 10.4. The van der Waals surface area contributed by atoms with Gasteiger partial charge in [0.15, 0.2) is 0 Å². The van der Waals surface area contributed by atoms with E-state index >= 15 is 0 Å². The molecule has 2 aliphatic heterocycles. The van der Waals surface area contributed by atoms with Crippen molar-refractivity contribution in [3.8, 4) is 11.5 Å². The average Bonchev–Trinajstić information content (AvgIpc) is 3.27. The number of benzene rings is 3. The summed E-state index contributed by atoms with van der Waals surface area (Å²) in [5.74, 6) is -0.272. The van der Waals surface area contributed by atoms with Crippen molar-refractivity contribution in [2.45, 2.75) is 19.6 Å². The summed E-state index contributed by atoms with van der Waals surface area (Å²) < 4.78 is 17.0. The van der Waals surface area contributed by atoms with E-state index in [-0.39, 0.29) is 11.3 Å². The highest BCUT2D eigenvalue weighted by Gasteiger charge is 2.46. The number of aliphatic hydroxyl groups excluding tert-OH is 1. The summed E-state index contributed by atoms with van der Waals surface area (Å²) in [4.78, 5) is 30.5. The number of carbonyl (C=O) groups is 2. The lowest BCUT2D eigenvalue weighted by atomic mass is 9.95. The maximum absolute atomic E-state index is 13.4. The topological polar surface area (TPSA) is 88.5 Å². The minimum absolute atomic E-state index is 0.0650. The number of hydrogen-bond donors (Lipinski definition) is 1. The second-order valence-corrected chi connectivity index (χ2v) is 10.4. The van der Waals surface area contributed by atoms with Crippen LogP contribution in [0.4, 0.5) is 0 Å². The smallest absolute Gasteiger partial charge is 0.295 e. The Balaban J connectivity index is 1.41. The average molecular weight is 569 g/mol. The first kappa shape index (κ1) is 29.1. The lowest BCUT2D eigenvalue weighted by molar-refractivity contribution is -0.140. The number of Topliss-reactive ketones (excluding diaryl/α,β-unsaturated/α-hetero) is 1. The van der Waals surface area contributed by atoms with Crippen LogP contribution in [0.2, 0.25) is 0 Å². The summed E-state index contributed by atoms with van der Waals surface area (Å²) >= 11 is 0. The molecule has 3 aromatic carbocycles. The maximum Gasteiger partial charge on any atom is 0.295 e. The molecule has 2 heterocycles. The molecule has 0 saturated carbocycles. The normalized spacial score (nSPS) is 18.7. The van der Waals surface area contributed by atoms with Gasteiger partial charge in [0.2, 0.25) is 0 Å². The first-order valence-electron chi connectivity index (χ1n) is 14.2. The number of ketones is 1. The summed E-state index contributed by atoms with van der Waals surface area (Å²) in [6.07, 6.45) is 1.66. The van der Waals surface area contributed by atoms with Gasteiger partial charge in [0.1, 0.15) is 30.5 Å². The summed E-state index contributed by atoms with van der Waals surface area (Å²) in [5.41, 5.74) is 3.42. The number of nitrogens with zero attached hydrogens (tertiary/aromatic N) is 2. The first-order valence-corrected chi connectivity index (χ1v) is 14.2. The standard InChI is InChI=1S/C34H36N2O6/c1-3-19-41-28-11-7-26(8-12-28)31-30(33(38)34(39)36(31)16-15-35-17-20-40-21-18-35)32(37)27-9-13-29(14-10-27)42-23-25-6-4-5-24(2)22-25/h3-14,22,31,37H,1,15-21,23H2,2H3/b32-30+. The lowest BCUT2D eigenvalue weighted by Gasteiger charge is -2.31. The van der Waals surface area contributed by atoms with Crippen LogP contribution in [0.5, 0.6) is 11.5 Å². The molecular formula is C34H36N2O6. The fourth-order valence-electron chi connectivity index (χ4n) is 5.27. The van der Waals surface area contributed by atoms with Crippen LogP contribution in [0, 0.1) is 6.92 Å². The Morgan fingerprint density at radius 1 is 0.976 bits per heavy atom. The predicted molar refractivity (Wildman–Crippen MR) is 160 cm³/mol. The van der Waals surface area contributed by atoms with Gasteiger partial charge in [-0.05, 0) is 54.4 Å². The van der Waals surface area contributed by atoms with Crippen molar-refractivity contribution in [3.63, 3.8) is 0 Å². The Morgan fingerprint density at radius 2 is 1.67 bits per heavy atom. The fraction of sp³-hybridized carbons (Fsp3) is 0.294. The molecule has 8 nitrogen and oxygen atoms in total. The van der Waals surface area contributed by atoms with Crippen LogP contribution < -0.4 is 9.47 Å². The zero-order valence-electron chi connectivity index (χ0n) is 23.8. The number of rotatable bonds is 11. The molecule has 0 aliphatic carbocycles. The van der Waals surface area contributed by atoms with Crippen LogP contribution in [-0.2, 0) is 20.9 Å². The predicted octanol–water partition coefficient (Wildman–Crippen LogP) is 4.89. The van der Waals surface area contributed by atoms with E-state index < -0.39 is 17.7 Å². The number of amides is 1. The molecule has 0 aromatic heterocycles. The Hall–Kier alpha value is -4.40. The van der Waals surface area contributed by atoms with Crippen molar-refractivity contribution in [2.24, 2.45) is 0 Å². The molecule has 0 spiro atoms. The van der Waals surface area contributed by atoms with Gasteiger partial charge in [0.05, 0.1) is 24.8 Å². The molecule has 3 aromatic rings. The Labute approximate surface area is 246 Å². The maximum atomic E-state index is 13.4. The van der Waals surface area contributed by atoms with Gasteiger partial charge < -0.3 is 24.2 Å². The molecule has 1 unspecified atom stereocenters. The highest BCUT2D eigenvalue weighted by Crippen LogP contribution is 2.40. The van der Waals surface area contributed by atoms with Crippen molar-refractivity contribution in [3.05, 3.63) is 113 Å². The van der Waals surface area contributed by atoms with Gasteiger partial charge in [-0.1, -0.05) is 54.6 Å². The molecular weight excluding hydrogens is 532 g/mol. The molecule has 5 rings (SSSR count). The number of aryl methyl sites for hydroxylation is 1. The molecule has 8 heteroatoms. The van der Waals surface area contributed by atoms with E-state index in [9.17, 15) is 14.7 Å². The minimum atomic E-state index is -0.739. The molecule has 2 saturated heterocycles. The molecule has 1 amide bonds. The number of ether oxygens (including phenoxy) is 3. The van der Waals surface area contributed by atoms with E-state index in [1.165, 1.54) is 0 Å². The van der Waals surface area contributed by atoms with Gasteiger partial charge >= 0.3 is 0 Å². The van der Waals surface area contributed by atoms with Crippen molar-refractivity contribution in [2.75, 3.05) is 46.0 Å². The number of aliphatic hydroxyl groups is 1. The highest BCUT2D eigenvalue weighted by molar-refractivity contribution is 6.46. The van der Waals surface area contributed by atoms with E-state index in [0.717, 1.165) is 24.2 Å². The van der Waals surface area contributed by atoms with Gasteiger partial charge in [0.25, 0.3) is 11.7 Å². The zero-order chi connectivity index (χ0) is 29.5. The zero-order valence-corrected chi connectivity index (χ0v) is 23.8. The molecule has 218 valence electrons. The van der Waals surface area contributed by atoms with Gasteiger partial charge in [-0.15, -0.1) is 0 Å². The quantitative estimate of drug-likeness (QED) is 0.152. The van der Waals surface area contributed by atoms with Crippen LogP contribution in [0.25, 0.3) is 5.76 Å². The number of morpholine rings is 1. The van der Waals surface area contributed by atoms with Gasteiger partial charge in [0, 0.05) is 31.7 Å². The fourth-order valence-corrected chi connectivity index (χ4v) is 5.27. The molecule has 1 N–H and O–H groups in total. The van der Waals surface area contributed by atoms with Crippen molar-refractivity contribution >= 4 is 17.4 Å². The molecule has 0 bridgehead atoms. The van der Waals surface area contributed by atoms with E-state index in [2.05, 4.69) is 17.5 Å². The molecule has 42 heavy (non-hydrogen) atoms. The third-order valence-electron chi connectivity index (χ3n) is 7.48. The summed E-state index contributed by atoms with van der Waals surface area (Å²) in [5, 5.41) is 11.5. The van der Waals surface area contributed by atoms with Crippen LogP contribution >= 0.6 is 0 Å². The van der Waals surface area contributed by atoms with Crippen molar-refractivity contribution in [1.82, 2.24) is 9.80 Å². The summed E-state index contributed by atoms with van der Waals surface area (Å²) in [6, 6.07) is 21.5. The SMILES string of the molecule is C=CCOc1ccc(C2/C(=C(\O)c3ccc(OCc4cccc(C)c4)cc3)C(=O)C(=O)N2CCN2CCOCC2)cc1. The summed E-state index contributed by atoms with van der Waals surface area (Å²) in [6.45, 7) is 10.2. The number of hydrogen-bond acceptors (Lipinski definition) is 7. The third-order valence-corrected chi connectivity index (χ3v) is 7.48. The van der Waals surface area contributed by atoms with Crippen LogP contribution in [0.3, 0.4) is 0 Å². The van der Waals surface area contributed by atoms with E-state index in [0.29, 0.717) is 62.1 Å². The summed E-state index contributed by atoms with van der Waals surface area (Å²) in [7, 11) is 0. The minimum Gasteiger partial charge on any atom is -0.507 e. The number of likely N-dealkylation sites (tertiary alicyclic amines) is 1. The molecule has 1 atom stereocenters. The van der Waals surface area contributed by atoms with Gasteiger partial charge in [-0.3, -0.25) is 14.5 Å². The van der Waals surface area contributed by atoms with Gasteiger partial charge in [-0.2, -0.15) is 0 Å². The molecule has 0 radical (unpaired) electrons. The number of carbonyl (C=O) groups excluding carboxylic acids is 2. The lowest BCUT2D eigenvalue weighted by Crippen LogP contribution is -2.42. The monoisotopic (exact) mass is 568 g/mol. The second kappa shape index (κ2) is 13.5. The largest absolute Gasteiger partial charge is 0.507 e. The molecule has 2 fully saturated rings. The van der Waals surface area contributed by atoms with Crippen LogP contribution in [0.1, 0.15) is 28.3 Å². The van der Waals surface area contributed by atoms with Crippen LogP contribution in [0.15, 0.2) is 91.0 Å². The van der Waals surface area contributed by atoms with E-state index in [4.69, 9.17) is 14.2 Å².